The molecule has 0 fully saturated rings. The Bertz CT molecular complexity index is 178. The summed E-state index contributed by atoms with van der Waals surface area (Å²) in [5.74, 6) is -0.166. The van der Waals surface area contributed by atoms with Gasteiger partial charge in [0.25, 0.3) is 0 Å². The maximum absolute atomic E-state index is 11.5. The summed E-state index contributed by atoms with van der Waals surface area (Å²) in [4.78, 5) is 11.5. The molecular formula is C12H25NO2. The SMILES string of the molecule is CCCCCCNC(C)(C)C(=O)OCC. The van der Waals surface area contributed by atoms with Gasteiger partial charge in [-0.1, -0.05) is 26.2 Å². The minimum atomic E-state index is -0.553. The lowest BCUT2D eigenvalue weighted by molar-refractivity contribution is -0.149. The molecule has 0 rings (SSSR count). The fraction of sp³-hybridized carbons (Fsp3) is 0.917. The predicted octanol–water partition coefficient (Wildman–Crippen LogP) is 2.50. The van der Waals surface area contributed by atoms with Crippen LogP contribution in [0.3, 0.4) is 0 Å². The van der Waals surface area contributed by atoms with E-state index in [4.69, 9.17) is 4.74 Å². The van der Waals surface area contributed by atoms with Gasteiger partial charge in [-0.2, -0.15) is 0 Å². The fourth-order valence-electron chi connectivity index (χ4n) is 1.34. The topological polar surface area (TPSA) is 38.3 Å². The van der Waals surface area contributed by atoms with Gasteiger partial charge in [0.15, 0.2) is 0 Å². The highest BCUT2D eigenvalue weighted by molar-refractivity contribution is 5.79. The van der Waals surface area contributed by atoms with Crippen molar-refractivity contribution in [1.82, 2.24) is 5.32 Å². The quantitative estimate of drug-likeness (QED) is 0.499. The lowest BCUT2D eigenvalue weighted by atomic mass is 10.1. The summed E-state index contributed by atoms with van der Waals surface area (Å²) in [5.41, 5.74) is -0.553. The minimum Gasteiger partial charge on any atom is -0.465 e. The van der Waals surface area contributed by atoms with E-state index >= 15 is 0 Å². The number of ether oxygens (including phenoxy) is 1. The van der Waals surface area contributed by atoms with Crippen molar-refractivity contribution in [2.45, 2.75) is 58.9 Å². The Morgan fingerprint density at radius 1 is 1.20 bits per heavy atom. The van der Waals surface area contributed by atoms with Crippen molar-refractivity contribution >= 4 is 5.97 Å². The van der Waals surface area contributed by atoms with Crippen molar-refractivity contribution < 1.29 is 9.53 Å². The highest BCUT2D eigenvalue weighted by Crippen LogP contribution is 2.06. The Morgan fingerprint density at radius 2 is 1.87 bits per heavy atom. The zero-order chi connectivity index (χ0) is 11.7. The number of unbranched alkanes of at least 4 members (excludes halogenated alkanes) is 3. The van der Waals surface area contributed by atoms with E-state index in [0.717, 1.165) is 13.0 Å². The third-order valence-corrected chi connectivity index (χ3v) is 2.38. The number of esters is 1. The van der Waals surface area contributed by atoms with Crippen molar-refractivity contribution in [3.63, 3.8) is 0 Å². The molecule has 0 unspecified atom stereocenters. The highest BCUT2D eigenvalue weighted by Gasteiger charge is 2.27. The summed E-state index contributed by atoms with van der Waals surface area (Å²) < 4.78 is 4.98. The van der Waals surface area contributed by atoms with Crippen LogP contribution in [0.25, 0.3) is 0 Å². The number of carbonyl (C=O) groups excluding carboxylic acids is 1. The lowest BCUT2D eigenvalue weighted by Gasteiger charge is -2.23. The maximum Gasteiger partial charge on any atom is 0.325 e. The van der Waals surface area contributed by atoms with E-state index in [1.54, 1.807) is 0 Å². The van der Waals surface area contributed by atoms with Crippen molar-refractivity contribution in [3.8, 4) is 0 Å². The summed E-state index contributed by atoms with van der Waals surface area (Å²) in [5, 5.41) is 3.23. The van der Waals surface area contributed by atoms with Crippen LogP contribution < -0.4 is 5.32 Å². The van der Waals surface area contributed by atoms with Crippen LogP contribution in [-0.2, 0) is 9.53 Å². The van der Waals surface area contributed by atoms with Crippen LogP contribution in [0.4, 0.5) is 0 Å². The molecular weight excluding hydrogens is 190 g/mol. The number of hydrogen-bond acceptors (Lipinski definition) is 3. The van der Waals surface area contributed by atoms with Crippen LogP contribution in [0.5, 0.6) is 0 Å². The van der Waals surface area contributed by atoms with Crippen molar-refractivity contribution in [1.29, 1.82) is 0 Å². The third kappa shape index (κ3) is 6.50. The summed E-state index contributed by atoms with van der Waals surface area (Å²) in [6.45, 7) is 9.08. The molecule has 0 aromatic carbocycles. The van der Waals surface area contributed by atoms with Crippen molar-refractivity contribution in [2.75, 3.05) is 13.2 Å². The van der Waals surface area contributed by atoms with Gasteiger partial charge in [-0.25, -0.2) is 0 Å². The Labute approximate surface area is 93.6 Å². The zero-order valence-corrected chi connectivity index (χ0v) is 10.6. The van der Waals surface area contributed by atoms with Crippen LogP contribution in [-0.4, -0.2) is 24.7 Å². The molecule has 0 bridgehead atoms. The molecule has 3 nitrogen and oxygen atoms in total. The van der Waals surface area contributed by atoms with E-state index in [2.05, 4.69) is 12.2 Å². The number of carbonyl (C=O) groups is 1. The normalized spacial score (nSPS) is 11.5. The first-order chi connectivity index (χ1) is 7.04. The smallest absolute Gasteiger partial charge is 0.325 e. The van der Waals surface area contributed by atoms with Gasteiger partial charge < -0.3 is 10.1 Å². The number of nitrogens with one attached hydrogen (secondary N) is 1. The molecule has 0 saturated carbocycles. The van der Waals surface area contributed by atoms with Gasteiger partial charge in [-0.3, -0.25) is 4.79 Å². The molecule has 0 saturated heterocycles. The van der Waals surface area contributed by atoms with Crippen molar-refractivity contribution in [2.24, 2.45) is 0 Å². The summed E-state index contributed by atoms with van der Waals surface area (Å²) in [7, 11) is 0. The van der Waals surface area contributed by atoms with Gasteiger partial charge in [0.1, 0.15) is 5.54 Å². The minimum absolute atomic E-state index is 0.166. The van der Waals surface area contributed by atoms with Gasteiger partial charge in [-0.05, 0) is 33.7 Å². The second-order valence-corrected chi connectivity index (χ2v) is 4.33. The van der Waals surface area contributed by atoms with E-state index in [0.29, 0.717) is 6.61 Å². The Hall–Kier alpha value is -0.570. The second-order valence-electron chi connectivity index (χ2n) is 4.33. The summed E-state index contributed by atoms with van der Waals surface area (Å²) >= 11 is 0. The molecule has 0 radical (unpaired) electrons. The van der Waals surface area contributed by atoms with Crippen LogP contribution >= 0.6 is 0 Å². The van der Waals surface area contributed by atoms with Crippen LogP contribution in [0.2, 0.25) is 0 Å². The third-order valence-electron chi connectivity index (χ3n) is 2.38. The Balaban J connectivity index is 3.68. The van der Waals surface area contributed by atoms with E-state index in [-0.39, 0.29) is 5.97 Å². The first kappa shape index (κ1) is 14.4. The molecule has 1 N–H and O–H groups in total. The van der Waals surface area contributed by atoms with Crippen LogP contribution in [0, 0.1) is 0 Å². The van der Waals surface area contributed by atoms with E-state index in [1.807, 2.05) is 20.8 Å². The van der Waals surface area contributed by atoms with Gasteiger partial charge in [0.05, 0.1) is 6.61 Å². The molecule has 0 atom stereocenters. The number of rotatable bonds is 8. The molecule has 0 aliphatic carbocycles. The van der Waals surface area contributed by atoms with Crippen LogP contribution in [0.15, 0.2) is 0 Å². The molecule has 3 heteroatoms. The fourth-order valence-corrected chi connectivity index (χ4v) is 1.34. The first-order valence-corrected chi connectivity index (χ1v) is 5.96. The lowest BCUT2D eigenvalue weighted by Crippen LogP contribution is -2.48. The van der Waals surface area contributed by atoms with Gasteiger partial charge in [0.2, 0.25) is 0 Å². The molecule has 0 aromatic rings. The van der Waals surface area contributed by atoms with Crippen molar-refractivity contribution in [3.05, 3.63) is 0 Å². The second kappa shape index (κ2) is 7.69. The number of hydrogen-bond donors (Lipinski definition) is 1. The Kier molecular flexibility index (Phi) is 7.39. The van der Waals surface area contributed by atoms with E-state index in [9.17, 15) is 4.79 Å². The predicted molar refractivity (Wildman–Crippen MR) is 62.9 cm³/mol. The molecule has 0 aromatic heterocycles. The van der Waals surface area contributed by atoms with Gasteiger partial charge in [0, 0.05) is 0 Å². The zero-order valence-electron chi connectivity index (χ0n) is 10.6. The molecule has 0 heterocycles. The molecule has 90 valence electrons. The molecule has 0 aliphatic rings. The Morgan fingerprint density at radius 3 is 2.40 bits per heavy atom. The van der Waals surface area contributed by atoms with Gasteiger partial charge in [-0.15, -0.1) is 0 Å². The highest BCUT2D eigenvalue weighted by atomic mass is 16.5. The van der Waals surface area contributed by atoms with E-state index in [1.165, 1.54) is 19.3 Å². The average molecular weight is 215 g/mol. The molecule has 15 heavy (non-hydrogen) atoms. The first-order valence-electron chi connectivity index (χ1n) is 5.96. The molecule has 0 aliphatic heterocycles. The van der Waals surface area contributed by atoms with Gasteiger partial charge >= 0.3 is 5.97 Å². The molecule has 0 amide bonds. The largest absolute Gasteiger partial charge is 0.465 e. The standard InChI is InChI=1S/C12H25NO2/c1-5-7-8-9-10-13-12(3,4)11(14)15-6-2/h13H,5-10H2,1-4H3. The maximum atomic E-state index is 11.5. The average Bonchev–Trinajstić information content (AvgIpc) is 2.18. The molecule has 0 spiro atoms. The van der Waals surface area contributed by atoms with E-state index < -0.39 is 5.54 Å². The monoisotopic (exact) mass is 215 g/mol. The summed E-state index contributed by atoms with van der Waals surface area (Å²) in [6.07, 6.45) is 4.85. The van der Waals surface area contributed by atoms with Crippen LogP contribution in [0.1, 0.15) is 53.4 Å². The summed E-state index contributed by atoms with van der Waals surface area (Å²) in [6, 6.07) is 0.